The van der Waals surface area contributed by atoms with Gasteiger partial charge in [-0.2, -0.15) is 0 Å². The van der Waals surface area contributed by atoms with E-state index < -0.39 is 17.5 Å². The lowest BCUT2D eigenvalue weighted by Gasteiger charge is -2.17. The molecule has 0 fully saturated rings. The largest absolute Gasteiger partial charge is 0.346 e. The van der Waals surface area contributed by atoms with Crippen molar-refractivity contribution >= 4 is 11.5 Å². The normalized spacial score (nSPS) is 11.7. The number of halogens is 2. The summed E-state index contributed by atoms with van der Waals surface area (Å²) in [6.07, 6.45) is 3.47. The second kappa shape index (κ2) is 7.91. The molecule has 1 amide bonds. The molecule has 1 atom stereocenters. The maximum atomic E-state index is 13.9. The van der Waals surface area contributed by atoms with Crippen LogP contribution in [0.5, 0.6) is 0 Å². The van der Waals surface area contributed by atoms with E-state index in [9.17, 15) is 13.6 Å². The van der Waals surface area contributed by atoms with E-state index in [2.05, 4.69) is 16.9 Å². The number of carbonyl (C=O) groups is 1. The summed E-state index contributed by atoms with van der Waals surface area (Å²) in [4.78, 5) is 16.5. The molecule has 2 aromatic carbocycles. The first kappa shape index (κ1) is 18.5. The highest BCUT2D eigenvalue weighted by Crippen LogP contribution is 2.24. The number of carbonyl (C=O) groups excluding carboxylic acids is 1. The molecule has 0 aliphatic rings. The number of rotatable bonds is 5. The molecule has 0 saturated carbocycles. The van der Waals surface area contributed by atoms with Crippen LogP contribution >= 0.6 is 0 Å². The van der Waals surface area contributed by atoms with Crippen LogP contribution in [0.15, 0.2) is 73.6 Å². The molecule has 1 N–H and O–H groups in total. The molecule has 5 heteroatoms. The number of hydrogen-bond acceptors (Lipinski definition) is 2. The number of hydrogen-bond donors (Lipinski definition) is 1. The van der Waals surface area contributed by atoms with E-state index in [-0.39, 0.29) is 17.2 Å². The lowest BCUT2D eigenvalue weighted by Crippen LogP contribution is -2.27. The van der Waals surface area contributed by atoms with Crippen LogP contribution in [-0.2, 0) is 4.79 Å². The summed E-state index contributed by atoms with van der Waals surface area (Å²) in [7, 11) is 0. The van der Waals surface area contributed by atoms with E-state index >= 15 is 0 Å². The van der Waals surface area contributed by atoms with Gasteiger partial charge < -0.3 is 5.32 Å². The lowest BCUT2D eigenvalue weighted by atomic mass is 10.0. The Morgan fingerprint density at radius 2 is 1.85 bits per heavy atom. The summed E-state index contributed by atoms with van der Waals surface area (Å²) < 4.78 is 26.9. The van der Waals surface area contributed by atoms with Gasteiger partial charge in [0.15, 0.2) is 0 Å². The van der Waals surface area contributed by atoms with Crippen molar-refractivity contribution in [1.29, 1.82) is 0 Å². The third-order valence-corrected chi connectivity index (χ3v) is 4.26. The Morgan fingerprint density at radius 3 is 2.56 bits per heavy atom. The number of amides is 1. The van der Waals surface area contributed by atoms with Crippen LogP contribution in [0.2, 0.25) is 0 Å². The third kappa shape index (κ3) is 4.26. The molecule has 0 bridgehead atoms. The average Bonchev–Trinajstić information content (AvgIpc) is 2.68. The van der Waals surface area contributed by atoms with Crippen LogP contribution in [0.25, 0.3) is 16.7 Å². The van der Waals surface area contributed by atoms with Gasteiger partial charge in [-0.05, 0) is 47.9 Å². The SMILES string of the molecule is C=C(C(=O)NC(C)c1cccc(-c2cccnc2)c1)c1ccc(F)cc1F. The van der Waals surface area contributed by atoms with Crippen molar-refractivity contribution in [2.75, 3.05) is 0 Å². The molecule has 0 radical (unpaired) electrons. The van der Waals surface area contributed by atoms with Gasteiger partial charge in [0.05, 0.1) is 6.04 Å². The van der Waals surface area contributed by atoms with E-state index in [0.29, 0.717) is 0 Å². The average molecular weight is 364 g/mol. The number of pyridine rings is 1. The van der Waals surface area contributed by atoms with E-state index in [1.807, 2.05) is 43.3 Å². The van der Waals surface area contributed by atoms with Gasteiger partial charge in [-0.3, -0.25) is 9.78 Å². The van der Waals surface area contributed by atoms with Gasteiger partial charge in [-0.15, -0.1) is 0 Å². The number of aromatic nitrogens is 1. The molecule has 136 valence electrons. The van der Waals surface area contributed by atoms with E-state index in [1.165, 1.54) is 6.07 Å². The van der Waals surface area contributed by atoms with Gasteiger partial charge in [0.25, 0.3) is 5.91 Å². The lowest BCUT2D eigenvalue weighted by molar-refractivity contribution is -0.116. The van der Waals surface area contributed by atoms with Crippen molar-refractivity contribution in [2.45, 2.75) is 13.0 Å². The van der Waals surface area contributed by atoms with Gasteiger partial charge in [0.1, 0.15) is 11.6 Å². The maximum absolute atomic E-state index is 13.9. The van der Waals surface area contributed by atoms with Crippen LogP contribution in [0.3, 0.4) is 0 Å². The topological polar surface area (TPSA) is 42.0 Å². The summed E-state index contributed by atoms with van der Waals surface area (Å²) in [5.74, 6) is -2.04. The minimum atomic E-state index is -0.818. The predicted octanol–water partition coefficient (Wildman–Crippen LogP) is 4.92. The van der Waals surface area contributed by atoms with Gasteiger partial charge in [0.2, 0.25) is 0 Å². The highest BCUT2D eigenvalue weighted by atomic mass is 19.1. The molecule has 0 aliphatic heterocycles. The zero-order chi connectivity index (χ0) is 19.4. The summed E-state index contributed by atoms with van der Waals surface area (Å²) in [5.41, 5.74) is 2.76. The van der Waals surface area contributed by atoms with E-state index in [4.69, 9.17) is 0 Å². The van der Waals surface area contributed by atoms with E-state index in [1.54, 1.807) is 12.4 Å². The van der Waals surface area contributed by atoms with Crippen LogP contribution in [0.1, 0.15) is 24.1 Å². The number of nitrogens with one attached hydrogen (secondary N) is 1. The summed E-state index contributed by atoms with van der Waals surface area (Å²) in [6.45, 7) is 5.47. The zero-order valence-corrected chi connectivity index (χ0v) is 14.7. The molecule has 1 aromatic heterocycles. The molecule has 1 heterocycles. The minimum Gasteiger partial charge on any atom is -0.346 e. The molecule has 27 heavy (non-hydrogen) atoms. The van der Waals surface area contributed by atoms with Crippen LogP contribution in [0.4, 0.5) is 8.78 Å². The Labute approximate surface area is 156 Å². The Morgan fingerprint density at radius 1 is 1.07 bits per heavy atom. The molecular formula is C22H18F2N2O. The molecule has 1 unspecified atom stereocenters. The summed E-state index contributed by atoms with van der Waals surface area (Å²) >= 11 is 0. The Hall–Kier alpha value is -3.34. The second-order valence-corrected chi connectivity index (χ2v) is 6.17. The van der Waals surface area contributed by atoms with Crippen LogP contribution < -0.4 is 5.32 Å². The third-order valence-electron chi connectivity index (χ3n) is 4.26. The maximum Gasteiger partial charge on any atom is 0.251 e. The molecular weight excluding hydrogens is 346 g/mol. The first-order chi connectivity index (χ1) is 13.0. The molecule has 0 aliphatic carbocycles. The van der Waals surface area contributed by atoms with Crippen LogP contribution in [-0.4, -0.2) is 10.9 Å². The fraction of sp³-hybridized carbons (Fsp3) is 0.0909. The number of benzene rings is 2. The molecule has 0 spiro atoms. The Kier molecular flexibility index (Phi) is 5.41. The first-order valence-electron chi connectivity index (χ1n) is 8.41. The molecule has 3 aromatic rings. The van der Waals surface area contributed by atoms with Crippen LogP contribution in [0, 0.1) is 11.6 Å². The quantitative estimate of drug-likeness (QED) is 0.653. The van der Waals surface area contributed by atoms with Gasteiger partial charge in [-0.25, -0.2) is 8.78 Å². The van der Waals surface area contributed by atoms with E-state index in [0.717, 1.165) is 28.8 Å². The zero-order valence-electron chi connectivity index (χ0n) is 14.7. The second-order valence-electron chi connectivity index (χ2n) is 6.17. The summed E-state index contributed by atoms with van der Waals surface area (Å²) in [6, 6.07) is 14.2. The van der Waals surface area contributed by atoms with Crippen molar-refractivity contribution in [1.82, 2.24) is 10.3 Å². The van der Waals surface area contributed by atoms with Crippen molar-refractivity contribution in [3.63, 3.8) is 0 Å². The van der Waals surface area contributed by atoms with Crippen molar-refractivity contribution < 1.29 is 13.6 Å². The number of nitrogens with zero attached hydrogens (tertiary/aromatic N) is 1. The molecule has 3 rings (SSSR count). The minimum absolute atomic E-state index is 0.0230. The van der Waals surface area contributed by atoms with Crippen molar-refractivity contribution in [2.24, 2.45) is 0 Å². The van der Waals surface area contributed by atoms with Gasteiger partial charge in [0, 0.05) is 29.6 Å². The molecule has 3 nitrogen and oxygen atoms in total. The Balaban J connectivity index is 1.76. The van der Waals surface area contributed by atoms with Gasteiger partial charge in [-0.1, -0.05) is 30.8 Å². The van der Waals surface area contributed by atoms with Crippen molar-refractivity contribution in [3.05, 3.63) is 96.3 Å². The Bertz CT molecular complexity index is 987. The highest BCUT2D eigenvalue weighted by molar-refractivity contribution is 6.18. The first-order valence-corrected chi connectivity index (χ1v) is 8.41. The molecule has 0 saturated heterocycles. The monoisotopic (exact) mass is 364 g/mol. The summed E-state index contributed by atoms with van der Waals surface area (Å²) in [5, 5.41) is 2.80. The highest BCUT2D eigenvalue weighted by Gasteiger charge is 2.17. The predicted molar refractivity (Wildman–Crippen MR) is 102 cm³/mol. The fourth-order valence-corrected chi connectivity index (χ4v) is 2.74. The fourth-order valence-electron chi connectivity index (χ4n) is 2.74. The van der Waals surface area contributed by atoms with Crippen molar-refractivity contribution in [3.8, 4) is 11.1 Å². The van der Waals surface area contributed by atoms with Gasteiger partial charge >= 0.3 is 0 Å². The smallest absolute Gasteiger partial charge is 0.251 e. The standard InChI is InChI=1S/C22H18F2N2O/c1-14(20-9-8-19(23)12-21(20)24)22(27)26-15(2)16-5-3-6-17(11-16)18-7-4-10-25-13-18/h3-13,15H,1H2,2H3,(H,26,27).